The second kappa shape index (κ2) is 9.03. The molecule has 1 fully saturated rings. The number of nitrogens with one attached hydrogen (secondary N) is 2. The van der Waals surface area contributed by atoms with Crippen LogP contribution in [0.25, 0.3) is 16.6 Å². The Morgan fingerprint density at radius 3 is 2.63 bits per heavy atom. The molecule has 1 aliphatic rings. The van der Waals surface area contributed by atoms with Crippen molar-refractivity contribution in [2.45, 2.75) is 32.7 Å². The lowest BCUT2D eigenvalue weighted by Crippen LogP contribution is -2.42. The van der Waals surface area contributed by atoms with E-state index >= 15 is 0 Å². The monoisotopic (exact) mass is 474 g/mol. The summed E-state index contributed by atoms with van der Waals surface area (Å²) in [5.41, 5.74) is 9.67. The molecule has 182 valence electrons. The fourth-order valence-corrected chi connectivity index (χ4v) is 4.95. The normalized spacial score (nSPS) is 14.7. The first-order valence-corrected chi connectivity index (χ1v) is 11.9. The quantitative estimate of drug-likeness (QED) is 0.395. The van der Waals surface area contributed by atoms with Crippen molar-refractivity contribution >= 4 is 39.7 Å². The average molecular weight is 475 g/mol. The summed E-state index contributed by atoms with van der Waals surface area (Å²) >= 11 is 0. The first-order chi connectivity index (χ1) is 16.8. The van der Waals surface area contributed by atoms with Gasteiger partial charge >= 0.3 is 0 Å². The highest BCUT2D eigenvalue weighted by Crippen LogP contribution is 2.31. The van der Waals surface area contributed by atoms with Crippen molar-refractivity contribution in [1.82, 2.24) is 24.5 Å². The molecule has 1 saturated heterocycles. The van der Waals surface area contributed by atoms with E-state index in [0.717, 1.165) is 49.2 Å². The van der Waals surface area contributed by atoms with Gasteiger partial charge in [-0.15, -0.1) is 0 Å². The van der Waals surface area contributed by atoms with Crippen LogP contribution in [-0.2, 0) is 7.05 Å². The number of primary amides is 1. The maximum atomic E-state index is 13.3. The van der Waals surface area contributed by atoms with Crippen molar-refractivity contribution in [2.75, 3.05) is 29.9 Å². The maximum Gasteiger partial charge on any atom is 0.257 e. The molecule has 0 unspecified atom stereocenters. The molecule has 0 atom stereocenters. The van der Waals surface area contributed by atoms with Gasteiger partial charge in [0.05, 0.1) is 22.5 Å². The summed E-state index contributed by atoms with van der Waals surface area (Å²) in [5.74, 6) is -0.913. The van der Waals surface area contributed by atoms with Gasteiger partial charge in [-0.3, -0.25) is 14.3 Å². The standard InChI is InChI=1S/C25H30N8O2/c1-4-27-16-7-9-32(10-8-16)21-6-5-18(22-20(21)14-31(3)30-22)25(35)29-17-11-19(23(26)34)24-28-15(2)12-33(24)13-17/h5-6,11-14,16,27H,4,7-10H2,1-3H3,(H2,26,34)(H,29,35). The number of aromatic nitrogens is 4. The molecule has 10 nitrogen and oxygen atoms in total. The summed E-state index contributed by atoms with van der Waals surface area (Å²) < 4.78 is 3.43. The molecule has 0 radical (unpaired) electrons. The Morgan fingerprint density at radius 2 is 1.91 bits per heavy atom. The topological polar surface area (TPSA) is 123 Å². The Morgan fingerprint density at radius 1 is 1.14 bits per heavy atom. The van der Waals surface area contributed by atoms with Gasteiger partial charge in [0.1, 0.15) is 11.2 Å². The molecular formula is C25H30N8O2. The molecule has 0 bridgehead atoms. The van der Waals surface area contributed by atoms with E-state index in [1.54, 1.807) is 27.5 Å². The number of fused-ring (bicyclic) bond motifs is 2. The fraction of sp³-hybridized carbons (Fsp3) is 0.360. The van der Waals surface area contributed by atoms with Crippen molar-refractivity contribution < 1.29 is 9.59 Å². The van der Waals surface area contributed by atoms with Crippen LogP contribution in [0.3, 0.4) is 0 Å². The smallest absolute Gasteiger partial charge is 0.257 e. The molecule has 0 saturated carbocycles. The Bertz CT molecular complexity index is 1430. The van der Waals surface area contributed by atoms with Crippen LogP contribution >= 0.6 is 0 Å². The summed E-state index contributed by atoms with van der Waals surface area (Å²) in [6.45, 7) is 6.85. The molecule has 1 aromatic carbocycles. The Hall–Kier alpha value is -3.92. The first kappa shape index (κ1) is 22.9. The third-order valence-corrected chi connectivity index (χ3v) is 6.54. The molecule has 2 amide bonds. The number of imidazole rings is 1. The fourth-order valence-electron chi connectivity index (χ4n) is 4.95. The molecule has 0 aliphatic carbocycles. The molecule has 10 heteroatoms. The zero-order chi connectivity index (χ0) is 24.7. The number of piperidine rings is 1. The van der Waals surface area contributed by atoms with E-state index in [1.807, 2.05) is 32.3 Å². The lowest BCUT2D eigenvalue weighted by atomic mass is 10.0. The Balaban J connectivity index is 1.45. The van der Waals surface area contributed by atoms with Gasteiger partial charge in [-0.2, -0.15) is 5.10 Å². The van der Waals surface area contributed by atoms with Crippen LogP contribution in [0.15, 0.2) is 36.8 Å². The lowest BCUT2D eigenvalue weighted by molar-refractivity contribution is 0.0997. The molecule has 1 aliphatic heterocycles. The van der Waals surface area contributed by atoms with E-state index in [-0.39, 0.29) is 11.5 Å². The average Bonchev–Trinajstić information content (AvgIpc) is 3.39. The second-order valence-electron chi connectivity index (χ2n) is 9.09. The van der Waals surface area contributed by atoms with Crippen molar-refractivity contribution in [3.05, 3.63) is 53.6 Å². The highest BCUT2D eigenvalue weighted by molar-refractivity contribution is 6.14. The van der Waals surface area contributed by atoms with Gasteiger partial charge in [0.2, 0.25) is 0 Å². The molecule has 35 heavy (non-hydrogen) atoms. The lowest BCUT2D eigenvalue weighted by Gasteiger charge is -2.34. The number of amides is 2. The van der Waals surface area contributed by atoms with E-state index in [0.29, 0.717) is 28.5 Å². The number of rotatable bonds is 6. The van der Waals surface area contributed by atoms with Crippen molar-refractivity contribution in [3.63, 3.8) is 0 Å². The predicted octanol–water partition coefficient (Wildman–Crippen LogP) is 2.46. The van der Waals surface area contributed by atoms with Gasteiger partial charge in [-0.25, -0.2) is 4.98 Å². The van der Waals surface area contributed by atoms with Gasteiger partial charge < -0.3 is 25.7 Å². The molecule has 4 aromatic rings. The Labute approximate surface area is 203 Å². The number of carbonyl (C=O) groups excluding carboxylic acids is 2. The number of anilines is 2. The van der Waals surface area contributed by atoms with E-state index in [1.165, 1.54) is 0 Å². The largest absolute Gasteiger partial charge is 0.371 e. The van der Waals surface area contributed by atoms with Crippen LogP contribution in [0.1, 0.15) is 46.2 Å². The number of hydrogen-bond donors (Lipinski definition) is 3. The maximum absolute atomic E-state index is 13.3. The van der Waals surface area contributed by atoms with Gasteiger partial charge in [-0.1, -0.05) is 6.92 Å². The predicted molar refractivity (Wildman–Crippen MR) is 136 cm³/mol. The molecule has 3 aromatic heterocycles. The van der Waals surface area contributed by atoms with Crippen molar-refractivity contribution in [2.24, 2.45) is 12.8 Å². The van der Waals surface area contributed by atoms with E-state index < -0.39 is 5.91 Å². The highest BCUT2D eigenvalue weighted by Gasteiger charge is 2.23. The van der Waals surface area contributed by atoms with E-state index in [2.05, 4.69) is 32.5 Å². The number of nitrogens with zero attached hydrogens (tertiary/aromatic N) is 5. The van der Waals surface area contributed by atoms with Crippen LogP contribution < -0.4 is 21.3 Å². The summed E-state index contributed by atoms with van der Waals surface area (Å²) in [6.07, 6.45) is 7.62. The molecule has 5 rings (SSSR count). The van der Waals surface area contributed by atoms with Gasteiger partial charge in [0.15, 0.2) is 0 Å². The number of carbonyl (C=O) groups is 2. The first-order valence-electron chi connectivity index (χ1n) is 11.9. The van der Waals surface area contributed by atoms with Crippen molar-refractivity contribution in [3.8, 4) is 0 Å². The van der Waals surface area contributed by atoms with E-state index in [9.17, 15) is 9.59 Å². The SMILES string of the molecule is CCNC1CCN(c2ccc(C(=O)Nc3cc(C(N)=O)c4nc(C)cn4c3)c3nn(C)cc23)CC1. The van der Waals surface area contributed by atoms with E-state index in [4.69, 9.17) is 5.73 Å². The van der Waals surface area contributed by atoms with Crippen LogP contribution in [0.4, 0.5) is 11.4 Å². The van der Waals surface area contributed by atoms with Crippen LogP contribution in [-0.4, -0.2) is 56.7 Å². The highest BCUT2D eigenvalue weighted by atomic mass is 16.2. The van der Waals surface area contributed by atoms with Crippen molar-refractivity contribution in [1.29, 1.82) is 0 Å². The number of hydrogen-bond acceptors (Lipinski definition) is 6. The number of nitrogens with two attached hydrogens (primary N) is 1. The zero-order valence-corrected chi connectivity index (χ0v) is 20.2. The minimum absolute atomic E-state index is 0.246. The van der Waals surface area contributed by atoms with Gasteiger partial charge in [0.25, 0.3) is 11.8 Å². The second-order valence-corrected chi connectivity index (χ2v) is 9.09. The number of pyridine rings is 1. The zero-order valence-electron chi connectivity index (χ0n) is 20.2. The summed E-state index contributed by atoms with van der Waals surface area (Å²) in [6, 6.07) is 5.93. The third-order valence-electron chi connectivity index (χ3n) is 6.54. The number of aryl methyl sites for hydroxylation is 2. The van der Waals surface area contributed by atoms with Gasteiger partial charge in [0, 0.05) is 55.8 Å². The van der Waals surface area contributed by atoms with Crippen LogP contribution in [0.5, 0.6) is 0 Å². The minimum atomic E-state index is -0.605. The van der Waals surface area contributed by atoms with Crippen LogP contribution in [0.2, 0.25) is 0 Å². The summed E-state index contributed by atoms with van der Waals surface area (Å²) in [4.78, 5) is 32.1. The Kier molecular flexibility index (Phi) is 5.89. The number of benzene rings is 1. The van der Waals surface area contributed by atoms with Gasteiger partial charge in [-0.05, 0) is 44.5 Å². The molecule has 4 heterocycles. The molecular weight excluding hydrogens is 444 g/mol. The molecule has 0 spiro atoms. The third kappa shape index (κ3) is 4.32. The van der Waals surface area contributed by atoms with Crippen LogP contribution in [0, 0.1) is 6.92 Å². The minimum Gasteiger partial charge on any atom is -0.371 e. The summed E-state index contributed by atoms with van der Waals surface area (Å²) in [7, 11) is 1.86. The molecule has 4 N–H and O–H groups in total. The summed E-state index contributed by atoms with van der Waals surface area (Å²) in [5, 5.41) is 12.0.